The van der Waals surface area contributed by atoms with Gasteiger partial charge in [-0.2, -0.15) is 0 Å². The molecule has 0 aromatic heterocycles. The molecule has 33 heavy (non-hydrogen) atoms. The highest BCUT2D eigenvalue weighted by Crippen LogP contribution is 2.33. The number of rotatable bonds is 5. The summed E-state index contributed by atoms with van der Waals surface area (Å²) in [6.07, 6.45) is 0. The molecule has 0 saturated carbocycles. The van der Waals surface area contributed by atoms with Crippen molar-refractivity contribution in [2.45, 2.75) is 28.5 Å². The molecule has 0 bridgehead atoms. The zero-order valence-electron chi connectivity index (χ0n) is 17.9. The van der Waals surface area contributed by atoms with Gasteiger partial charge >= 0.3 is 5.97 Å². The second kappa shape index (κ2) is 11.1. The maximum atomic E-state index is 12.9. The van der Waals surface area contributed by atoms with E-state index in [4.69, 9.17) is 4.74 Å². The highest BCUT2D eigenvalue weighted by molar-refractivity contribution is 14.1. The Hall–Kier alpha value is -1.11. The summed E-state index contributed by atoms with van der Waals surface area (Å²) in [5, 5.41) is 0. The molecule has 0 unspecified atom stereocenters. The predicted octanol–water partition coefficient (Wildman–Crippen LogP) is 8.43. The summed E-state index contributed by atoms with van der Waals surface area (Å²) in [6.45, 7) is 4.21. The molecule has 4 rings (SSSR count). The van der Waals surface area contributed by atoms with Crippen molar-refractivity contribution >= 4 is 84.6 Å². The third kappa shape index (κ3) is 5.94. The summed E-state index contributed by atoms with van der Waals surface area (Å²) >= 11 is 6.63. The Bertz CT molecular complexity index is 1240. The Labute approximate surface area is 238 Å². The number of halogens is 3. The molecule has 0 atom stereocenters. The fourth-order valence-corrected chi connectivity index (χ4v) is 7.64. The van der Waals surface area contributed by atoms with E-state index in [2.05, 4.69) is 142 Å². The number of carbonyl (C=O) groups is 1. The van der Waals surface area contributed by atoms with Gasteiger partial charge in [-0.05, 0) is 142 Å². The molecule has 0 aliphatic rings. The second-order valence-corrected chi connectivity index (χ2v) is 12.9. The summed E-state index contributed by atoms with van der Waals surface area (Å²) in [6, 6.07) is 29.3. The van der Waals surface area contributed by atoms with Crippen LogP contribution in [0.5, 0.6) is 5.75 Å². The smallest absolute Gasteiger partial charge is 0.345 e. The van der Waals surface area contributed by atoms with Crippen molar-refractivity contribution in [3.63, 3.8) is 0 Å². The lowest BCUT2D eigenvalue weighted by molar-refractivity contribution is 0.0732. The average Bonchev–Trinajstić information content (AvgIpc) is 2.80. The first-order valence-electron chi connectivity index (χ1n) is 10.2. The lowest BCUT2D eigenvalue weighted by Crippen LogP contribution is -2.13. The van der Waals surface area contributed by atoms with E-state index in [9.17, 15) is 4.79 Å². The van der Waals surface area contributed by atoms with Crippen LogP contribution in [0.4, 0.5) is 0 Å². The zero-order chi connectivity index (χ0) is 23.5. The van der Waals surface area contributed by atoms with Gasteiger partial charge in [-0.25, -0.2) is 4.79 Å². The first kappa shape index (κ1) is 25.0. The molecule has 2 nitrogen and oxygen atoms in total. The van der Waals surface area contributed by atoms with Crippen LogP contribution in [0.25, 0.3) is 0 Å². The van der Waals surface area contributed by atoms with E-state index in [1.807, 2.05) is 24.3 Å². The Morgan fingerprint density at radius 2 is 1.06 bits per heavy atom. The van der Waals surface area contributed by atoms with Crippen molar-refractivity contribution in [1.29, 1.82) is 0 Å². The van der Waals surface area contributed by atoms with Crippen molar-refractivity contribution in [3.05, 3.63) is 112 Å². The van der Waals surface area contributed by atoms with Crippen molar-refractivity contribution in [3.8, 4) is 5.75 Å². The van der Waals surface area contributed by atoms with Gasteiger partial charge in [0.15, 0.2) is 14.7 Å². The van der Waals surface area contributed by atoms with Crippen molar-refractivity contribution in [2.75, 3.05) is 0 Å². The summed E-state index contributed by atoms with van der Waals surface area (Å²) in [4.78, 5) is 16.6. The third-order valence-corrected chi connectivity index (χ3v) is 11.2. The minimum absolute atomic E-state index is 0.242. The fraction of sp³-hybridized carbons (Fsp3) is 0.0741. The number of hydrogen-bond acceptors (Lipinski definition) is 2. The van der Waals surface area contributed by atoms with Crippen LogP contribution in [0.3, 0.4) is 0 Å². The molecule has 166 valence electrons. The van der Waals surface area contributed by atoms with Gasteiger partial charge in [-0.15, -0.1) is 0 Å². The SMILES string of the molecule is Cc1ccc([S+](c2ccc(C)cc2)c2ccc(OC(=O)c3c(I)ccc(I)c3I)cc2)cc1. The normalized spacial score (nSPS) is 11.0. The molecule has 4 aromatic carbocycles. The predicted molar refractivity (Wildman–Crippen MR) is 161 cm³/mol. The molecule has 0 saturated heterocycles. The van der Waals surface area contributed by atoms with E-state index in [1.54, 1.807) is 0 Å². The molecule has 0 aliphatic heterocycles. The number of benzene rings is 4. The van der Waals surface area contributed by atoms with E-state index in [-0.39, 0.29) is 16.9 Å². The quantitative estimate of drug-likeness (QED) is 0.0668. The van der Waals surface area contributed by atoms with E-state index in [0.717, 1.165) is 10.7 Å². The van der Waals surface area contributed by atoms with Crippen molar-refractivity contribution < 1.29 is 9.53 Å². The summed E-state index contributed by atoms with van der Waals surface area (Å²) < 4.78 is 8.59. The van der Waals surface area contributed by atoms with Gasteiger partial charge in [0.1, 0.15) is 5.75 Å². The number of carbonyl (C=O) groups excluding carboxylic acids is 1. The van der Waals surface area contributed by atoms with Gasteiger partial charge in [0.2, 0.25) is 0 Å². The molecular formula is C27H20I3O2S+. The number of aryl methyl sites for hydroxylation is 2. The first-order valence-corrected chi connectivity index (χ1v) is 14.6. The number of esters is 1. The molecule has 6 heteroatoms. The zero-order valence-corrected chi connectivity index (χ0v) is 25.2. The molecule has 0 spiro atoms. The Morgan fingerprint density at radius 3 is 1.55 bits per heavy atom. The summed E-state index contributed by atoms with van der Waals surface area (Å²) in [7, 11) is -0.242. The maximum absolute atomic E-state index is 12.9. The largest absolute Gasteiger partial charge is 0.423 e. The van der Waals surface area contributed by atoms with Crippen LogP contribution < -0.4 is 4.74 Å². The van der Waals surface area contributed by atoms with Crippen LogP contribution in [0.15, 0.2) is 99.6 Å². The van der Waals surface area contributed by atoms with E-state index in [0.29, 0.717) is 11.3 Å². The van der Waals surface area contributed by atoms with Gasteiger partial charge in [-0.1, -0.05) is 35.4 Å². The Morgan fingerprint density at radius 1 is 0.636 bits per heavy atom. The maximum Gasteiger partial charge on any atom is 0.345 e. The lowest BCUT2D eigenvalue weighted by atomic mass is 10.2. The van der Waals surface area contributed by atoms with Gasteiger partial charge in [0, 0.05) is 10.7 Å². The van der Waals surface area contributed by atoms with Gasteiger partial charge < -0.3 is 4.74 Å². The monoisotopic (exact) mass is 789 g/mol. The van der Waals surface area contributed by atoms with Crippen LogP contribution in [0.1, 0.15) is 21.5 Å². The van der Waals surface area contributed by atoms with Crippen LogP contribution in [-0.2, 0) is 10.9 Å². The van der Waals surface area contributed by atoms with Gasteiger partial charge in [0.05, 0.1) is 16.5 Å². The molecule has 4 aromatic rings. The van der Waals surface area contributed by atoms with Gasteiger partial charge in [0.25, 0.3) is 0 Å². The molecule has 0 fully saturated rings. The summed E-state index contributed by atoms with van der Waals surface area (Å²) in [5.74, 6) is 0.219. The van der Waals surface area contributed by atoms with Crippen LogP contribution >= 0.6 is 67.8 Å². The average molecular weight is 789 g/mol. The van der Waals surface area contributed by atoms with E-state index < -0.39 is 0 Å². The van der Waals surface area contributed by atoms with E-state index >= 15 is 0 Å². The van der Waals surface area contributed by atoms with Crippen molar-refractivity contribution in [2.24, 2.45) is 0 Å². The first-order chi connectivity index (χ1) is 15.8. The third-order valence-electron chi connectivity index (χ3n) is 5.03. The van der Waals surface area contributed by atoms with Gasteiger partial charge in [-0.3, -0.25) is 0 Å². The minimum Gasteiger partial charge on any atom is -0.423 e. The minimum atomic E-state index is -0.328. The second-order valence-electron chi connectivity index (χ2n) is 7.51. The van der Waals surface area contributed by atoms with Crippen molar-refractivity contribution in [1.82, 2.24) is 0 Å². The van der Waals surface area contributed by atoms with Crippen LogP contribution in [-0.4, -0.2) is 5.97 Å². The van der Waals surface area contributed by atoms with Crippen LogP contribution in [0.2, 0.25) is 0 Å². The Kier molecular flexibility index (Phi) is 8.40. The molecule has 0 radical (unpaired) electrons. The lowest BCUT2D eigenvalue weighted by Gasteiger charge is -2.11. The Balaban J connectivity index is 1.64. The number of ether oxygens (including phenoxy) is 1. The molecule has 0 N–H and O–H groups in total. The molecular weight excluding hydrogens is 769 g/mol. The molecule has 0 amide bonds. The summed E-state index contributed by atoms with van der Waals surface area (Å²) in [5.41, 5.74) is 3.10. The topological polar surface area (TPSA) is 26.3 Å². The number of hydrogen-bond donors (Lipinski definition) is 0. The highest BCUT2D eigenvalue weighted by atomic mass is 127. The highest BCUT2D eigenvalue weighted by Gasteiger charge is 2.29. The standard InChI is InChI=1S/C27H20I3O2S/c1-17-3-9-20(10-4-17)33(21-11-5-18(2)6-12-21)22-13-7-19(8-14-22)32-27(31)25-23(28)15-16-24(29)26(25)30/h3-16H,1-2H3/q+1. The molecule has 0 heterocycles. The fourth-order valence-electron chi connectivity index (χ4n) is 3.27. The van der Waals surface area contributed by atoms with Crippen LogP contribution in [0, 0.1) is 24.6 Å². The molecule has 0 aliphatic carbocycles. The van der Waals surface area contributed by atoms with E-state index in [1.165, 1.54) is 25.8 Å².